The molecule has 0 heterocycles. The summed E-state index contributed by atoms with van der Waals surface area (Å²) in [4.78, 5) is 10.9. The molecule has 0 saturated carbocycles. The van der Waals surface area contributed by atoms with Crippen molar-refractivity contribution in [1.82, 2.24) is 5.43 Å². The van der Waals surface area contributed by atoms with Gasteiger partial charge in [-0.25, -0.2) is 10.2 Å². The molecule has 0 aliphatic heterocycles. The molecule has 0 unspecified atom stereocenters. The first-order chi connectivity index (χ1) is 12.2. The molecule has 1 amide bonds. The zero-order chi connectivity index (χ0) is 17.9. The summed E-state index contributed by atoms with van der Waals surface area (Å²) in [7, 11) is 2.84. The average molecular weight is 340 g/mol. The van der Waals surface area contributed by atoms with Crippen LogP contribution in [0.25, 0.3) is 6.08 Å². The number of hydrogen-bond acceptors (Lipinski definition) is 5. The summed E-state index contributed by atoms with van der Waals surface area (Å²) < 4.78 is 15.5. The molecule has 2 aromatic carbocycles. The molecular formula is C19H20N2O4. The smallest absolute Gasteiger partial charge is 0.427 e. The second kappa shape index (κ2) is 9.77. The van der Waals surface area contributed by atoms with Gasteiger partial charge in [-0.15, -0.1) is 0 Å². The molecule has 1 N–H and O–H groups in total. The predicted molar refractivity (Wildman–Crippen MR) is 97.1 cm³/mol. The van der Waals surface area contributed by atoms with E-state index in [0.717, 1.165) is 11.1 Å². The summed E-state index contributed by atoms with van der Waals surface area (Å²) in [6.07, 6.45) is 4.78. The molecule has 2 rings (SSSR count). The van der Waals surface area contributed by atoms with E-state index < -0.39 is 6.09 Å². The van der Waals surface area contributed by atoms with Crippen molar-refractivity contribution in [3.05, 3.63) is 65.7 Å². The van der Waals surface area contributed by atoms with Gasteiger partial charge in [-0.2, -0.15) is 5.10 Å². The fraction of sp³-hybridized carbons (Fsp3) is 0.158. The first kappa shape index (κ1) is 18.1. The maximum Gasteiger partial charge on any atom is 0.427 e. The topological polar surface area (TPSA) is 69.2 Å². The number of hydrogen-bond donors (Lipinski definition) is 1. The number of rotatable bonds is 7. The Balaban J connectivity index is 1.94. The molecule has 0 fully saturated rings. The molecule has 6 nitrogen and oxygen atoms in total. The first-order valence-electron chi connectivity index (χ1n) is 7.62. The van der Waals surface area contributed by atoms with Gasteiger partial charge in [-0.1, -0.05) is 36.4 Å². The van der Waals surface area contributed by atoms with E-state index in [1.165, 1.54) is 13.3 Å². The Morgan fingerprint density at radius 3 is 2.60 bits per heavy atom. The van der Waals surface area contributed by atoms with Crippen LogP contribution in [0.3, 0.4) is 0 Å². The van der Waals surface area contributed by atoms with Gasteiger partial charge < -0.3 is 14.2 Å². The van der Waals surface area contributed by atoms with Crippen LogP contribution >= 0.6 is 0 Å². The molecule has 6 heteroatoms. The number of nitrogens with zero attached hydrogens (tertiary/aromatic N) is 1. The molecule has 25 heavy (non-hydrogen) atoms. The quantitative estimate of drug-likeness (QED) is 0.619. The molecule has 0 bridgehead atoms. The maximum absolute atomic E-state index is 10.9. The van der Waals surface area contributed by atoms with Gasteiger partial charge in [0, 0.05) is 0 Å². The number of carbonyl (C=O) groups excluding carboxylic acids is 1. The van der Waals surface area contributed by atoms with Gasteiger partial charge in [0.25, 0.3) is 0 Å². The van der Waals surface area contributed by atoms with Gasteiger partial charge in [0.1, 0.15) is 6.61 Å². The third kappa shape index (κ3) is 6.02. The number of nitrogens with one attached hydrogen (secondary N) is 1. The molecule has 0 aliphatic rings. The average Bonchev–Trinajstić information content (AvgIpc) is 2.66. The van der Waals surface area contributed by atoms with E-state index in [-0.39, 0.29) is 0 Å². The lowest BCUT2D eigenvalue weighted by molar-refractivity contribution is 0.171. The minimum atomic E-state index is -0.631. The molecule has 0 spiro atoms. The van der Waals surface area contributed by atoms with Crippen LogP contribution in [-0.4, -0.2) is 33.1 Å². The van der Waals surface area contributed by atoms with Crippen molar-refractivity contribution in [2.45, 2.75) is 0 Å². The van der Waals surface area contributed by atoms with Crippen molar-refractivity contribution < 1.29 is 19.0 Å². The first-order valence-corrected chi connectivity index (χ1v) is 7.62. The van der Waals surface area contributed by atoms with Crippen LogP contribution in [0.15, 0.2) is 59.7 Å². The molecule has 0 aromatic heterocycles. The van der Waals surface area contributed by atoms with E-state index in [4.69, 9.17) is 9.47 Å². The Morgan fingerprint density at radius 2 is 1.88 bits per heavy atom. The maximum atomic E-state index is 10.9. The largest absolute Gasteiger partial charge is 0.493 e. The number of methoxy groups -OCH3 is 2. The number of hydrazone groups is 1. The Bertz CT molecular complexity index is 742. The van der Waals surface area contributed by atoms with Gasteiger partial charge in [-0.3, -0.25) is 0 Å². The summed E-state index contributed by atoms with van der Waals surface area (Å²) in [6.45, 7) is 0.419. The van der Waals surface area contributed by atoms with Crippen LogP contribution in [0.4, 0.5) is 4.79 Å². The highest BCUT2D eigenvalue weighted by atomic mass is 16.5. The Labute approximate surface area is 146 Å². The zero-order valence-corrected chi connectivity index (χ0v) is 14.1. The van der Waals surface area contributed by atoms with Crippen molar-refractivity contribution in [1.29, 1.82) is 0 Å². The summed E-state index contributed by atoms with van der Waals surface area (Å²) >= 11 is 0. The molecule has 0 aliphatic carbocycles. The van der Waals surface area contributed by atoms with E-state index in [1.54, 1.807) is 25.3 Å². The fourth-order valence-electron chi connectivity index (χ4n) is 1.98. The molecule has 2 aromatic rings. The molecule has 0 atom stereocenters. The van der Waals surface area contributed by atoms with Crippen molar-refractivity contribution in [3.8, 4) is 11.5 Å². The highest BCUT2D eigenvalue weighted by molar-refractivity contribution is 5.82. The van der Waals surface area contributed by atoms with Gasteiger partial charge in [0.15, 0.2) is 11.5 Å². The standard InChI is InChI=1S/C19H20N2O4/c1-23-18-13-16(14-20-21-19(22)24-2)10-11-17(18)25-12-6-9-15-7-4-3-5-8-15/h3-11,13-14H,12H2,1-2H3,(H,21,22)/b9-6+,20-14+. The third-order valence-corrected chi connectivity index (χ3v) is 3.19. The second-order valence-electron chi connectivity index (χ2n) is 4.90. The predicted octanol–water partition coefficient (Wildman–Crippen LogP) is 3.48. The van der Waals surface area contributed by atoms with E-state index >= 15 is 0 Å². The molecule has 130 valence electrons. The monoisotopic (exact) mass is 340 g/mol. The van der Waals surface area contributed by atoms with Crippen LogP contribution in [0, 0.1) is 0 Å². The Morgan fingerprint density at radius 1 is 1.08 bits per heavy atom. The van der Waals surface area contributed by atoms with Crippen LogP contribution in [0.5, 0.6) is 11.5 Å². The lowest BCUT2D eigenvalue weighted by Crippen LogP contribution is -2.16. The van der Waals surface area contributed by atoms with Crippen molar-refractivity contribution >= 4 is 18.4 Å². The number of amides is 1. The zero-order valence-electron chi connectivity index (χ0n) is 14.1. The number of ether oxygens (including phenoxy) is 3. The Kier molecular flexibility index (Phi) is 7.06. The van der Waals surface area contributed by atoms with Crippen molar-refractivity contribution in [3.63, 3.8) is 0 Å². The van der Waals surface area contributed by atoms with Gasteiger partial charge >= 0.3 is 6.09 Å². The molecule has 0 saturated heterocycles. The number of benzene rings is 2. The van der Waals surface area contributed by atoms with Crippen molar-refractivity contribution in [2.75, 3.05) is 20.8 Å². The highest BCUT2D eigenvalue weighted by Crippen LogP contribution is 2.27. The highest BCUT2D eigenvalue weighted by Gasteiger charge is 2.04. The van der Waals surface area contributed by atoms with E-state index in [2.05, 4.69) is 15.3 Å². The normalized spacial score (nSPS) is 10.8. The van der Waals surface area contributed by atoms with Crippen LogP contribution < -0.4 is 14.9 Å². The van der Waals surface area contributed by atoms with Gasteiger partial charge in [0.2, 0.25) is 0 Å². The molecule has 0 radical (unpaired) electrons. The van der Waals surface area contributed by atoms with E-state index in [9.17, 15) is 4.79 Å². The lowest BCUT2D eigenvalue weighted by atomic mass is 10.2. The summed E-state index contributed by atoms with van der Waals surface area (Å²) in [6, 6.07) is 15.3. The minimum absolute atomic E-state index is 0.419. The summed E-state index contributed by atoms with van der Waals surface area (Å²) in [5.41, 5.74) is 4.08. The fourth-order valence-corrected chi connectivity index (χ4v) is 1.98. The Hall–Kier alpha value is -3.28. The third-order valence-electron chi connectivity index (χ3n) is 3.19. The number of carbonyl (C=O) groups is 1. The lowest BCUT2D eigenvalue weighted by Gasteiger charge is -2.09. The minimum Gasteiger partial charge on any atom is -0.493 e. The SMILES string of the molecule is COC(=O)N/N=C/c1ccc(OC/C=C/c2ccccc2)c(OC)c1. The van der Waals surface area contributed by atoms with Crippen LogP contribution in [0.2, 0.25) is 0 Å². The summed E-state index contributed by atoms with van der Waals surface area (Å²) in [5.74, 6) is 1.20. The van der Waals surface area contributed by atoms with Crippen LogP contribution in [-0.2, 0) is 4.74 Å². The van der Waals surface area contributed by atoms with Gasteiger partial charge in [-0.05, 0) is 35.4 Å². The van der Waals surface area contributed by atoms with Crippen molar-refractivity contribution in [2.24, 2.45) is 5.10 Å². The van der Waals surface area contributed by atoms with Gasteiger partial charge in [0.05, 0.1) is 20.4 Å². The van der Waals surface area contributed by atoms with E-state index in [1.807, 2.05) is 42.5 Å². The van der Waals surface area contributed by atoms with Crippen LogP contribution in [0.1, 0.15) is 11.1 Å². The second-order valence-corrected chi connectivity index (χ2v) is 4.90. The molecular weight excluding hydrogens is 320 g/mol. The summed E-state index contributed by atoms with van der Waals surface area (Å²) in [5, 5.41) is 3.77. The van der Waals surface area contributed by atoms with E-state index in [0.29, 0.717) is 18.1 Å².